The first-order valence-electron chi connectivity index (χ1n) is 11.4. The molecular weight excluding hydrogens is 380 g/mol. The first-order chi connectivity index (χ1) is 14.5. The Morgan fingerprint density at radius 3 is 2.30 bits per heavy atom. The Kier molecular flexibility index (Phi) is 6.49. The lowest BCUT2D eigenvalue weighted by Gasteiger charge is -2.41. The van der Waals surface area contributed by atoms with Crippen LogP contribution >= 0.6 is 0 Å². The van der Waals surface area contributed by atoms with Gasteiger partial charge in [0.05, 0.1) is 7.11 Å². The third kappa shape index (κ3) is 4.57. The average molecular weight is 415 g/mol. The molecular formula is C24H34N2O4. The molecule has 3 aliphatic rings. The Hall–Kier alpha value is -2.24. The van der Waals surface area contributed by atoms with Crippen molar-refractivity contribution in [1.29, 1.82) is 0 Å². The van der Waals surface area contributed by atoms with E-state index in [1.807, 2.05) is 28.0 Å². The van der Waals surface area contributed by atoms with E-state index in [9.17, 15) is 9.59 Å². The summed E-state index contributed by atoms with van der Waals surface area (Å²) in [6, 6.07) is 5.53. The van der Waals surface area contributed by atoms with Crippen LogP contribution in [-0.4, -0.2) is 61.0 Å². The minimum atomic E-state index is 0.0568. The van der Waals surface area contributed by atoms with Gasteiger partial charge in [0, 0.05) is 51.5 Å². The molecule has 2 atom stereocenters. The highest BCUT2D eigenvalue weighted by atomic mass is 16.5. The maximum atomic E-state index is 13.1. The molecule has 3 fully saturated rings. The van der Waals surface area contributed by atoms with Crippen LogP contribution in [-0.2, 0) is 4.79 Å². The summed E-state index contributed by atoms with van der Waals surface area (Å²) >= 11 is 0. The number of carbonyl (C=O) groups is 2. The molecule has 2 aliphatic heterocycles. The van der Waals surface area contributed by atoms with Crippen LogP contribution in [0.3, 0.4) is 0 Å². The zero-order chi connectivity index (χ0) is 21.1. The van der Waals surface area contributed by atoms with Gasteiger partial charge in [-0.15, -0.1) is 0 Å². The minimum absolute atomic E-state index is 0.0568. The quantitative estimate of drug-likeness (QED) is 0.753. The lowest BCUT2D eigenvalue weighted by atomic mass is 9.75. The number of amides is 2. The average Bonchev–Trinajstić information content (AvgIpc) is 2.79. The normalized spacial score (nSPS) is 24.9. The molecule has 0 aromatic heterocycles. The number of hydrogen-bond donors (Lipinski definition) is 0. The van der Waals surface area contributed by atoms with Crippen LogP contribution in [0.4, 0.5) is 0 Å². The van der Waals surface area contributed by atoms with Gasteiger partial charge in [0.2, 0.25) is 5.91 Å². The summed E-state index contributed by atoms with van der Waals surface area (Å²) in [5.74, 6) is 2.96. The Morgan fingerprint density at radius 2 is 1.60 bits per heavy atom. The van der Waals surface area contributed by atoms with E-state index >= 15 is 0 Å². The highest BCUT2D eigenvalue weighted by Crippen LogP contribution is 2.37. The van der Waals surface area contributed by atoms with E-state index in [0.29, 0.717) is 23.0 Å². The number of fused-ring (bicyclic) bond motifs is 1. The number of likely N-dealkylation sites (tertiary alicyclic amines) is 2. The number of ether oxygens (including phenoxy) is 2. The highest BCUT2D eigenvalue weighted by Gasteiger charge is 2.33. The fourth-order valence-electron chi connectivity index (χ4n) is 5.33. The Balaban J connectivity index is 1.39. The number of piperidine rings is 2. The van der Waals surface area contributed by atoms with E-state index in [0.717, 1.165) is 51.4 Å². The largest absolute Gasteiger partial charge is 0.493 e. The molecule has 2 heterocycles. The molecule has 2 saturated heterocycles. The fraction of sp³-hybridized carbons (Fsp3) is 0.667. The molecule has 4 rings (SSSR count). The van der Waals surface area contributed by atoms with Gasteiger partial charge in [0.25, 0.3) is 5.91 Å². The zero-order valence-corrected chi connectivity index (χ0v) is 18.3. The molecule has 0 spiro atoms. The zero-order valence-electron chi connectivity index (χ0n) is 18.3. The molecule has 0 radical (unpaired) electrons. The van der Waals surface area contributed by atoms with Crippen LogP contribution < -0.4 is 9.47 Å². The van der Waals surface area contributed by atoms with E-state index < -0.39 is 0 Å². The molecule has 0 unspecified atom stereocenters. The van der Waals surface area contributed by atoms with Crippen molar-refractivity contribution in [1.82, 2.24) is 9.80 Å². The second-order valence-electron chi connectivity index (χ2n) is 9.03. The predicted molar refractivity (Wildman–Crippen MR) is 115 cm³/mol. The summed E-state index contributed by atoms with van der Waals surface area (Å²) in [5.41, 5.74) is 0.667. The second-order valence-corrected chi connectivity index (χ2v) is 9.03. The van der Waals surface area contributed by atoms with E-state index in [-0.39, 0.29) is 17.9 Å². The number of carbonyl (C=O) groups excluding carboxylic acids is 2. The second kappa shape index (κ2) is 9.27. The summed E-state index contributed by atoms with van der Waals surface area (Å²) in [4.78, 5) is 28.5. The van der Waals surface area contributed by atoms with Gasteiger partial charge >= 0.3 is 0 Å². The molecule has 1 aliphatic carbocycles. The number of methoxy groups -OCH3 is 1. The molecule has 1 aromatic rings. The van der Waals surface area contributed by atoms with Crippen LogP contribution in [0, 0.1) is 11.8 Å². The first-order valence-corrected chi connectivity index (χ1v) is 11.4. The van der Waals surface area contributed by atoms with Gasteiger partial charge in [0.1, 0.15) is 6.10 Å². The van der Waals surface area contributed by atoms with E-state index in [4.69, 9.17) is 9.47 Å². The van der Waals surface area contributed by atoms with Gasteiger partial charge in [0.15, 0.2) is 11.5 Å². The van der Waals surface area contributed by atoms with E-state index in [2.05, 4.69) is 0 Å². The number of rotatable bonds is 4. The summed E-state index contributed by atoms with van der Waals surface area (Å²) < 4.78 is 11.7. The molecule has 1 aromatic carbocycles. The summed E-state index contributed by atoms with van der Waals surface area (Å²) in [5, 5.41) is 0. The standard InChI is InChI=1S/C24H34N2O4/c1-17(27)25-13-10-21(11-14-25)30-22-8-7-19(15-23(22)29-2)24(28)26-12-9-18-5-3-4-6-20(18)16-26/h7-8,15,18,20-21H,3-6,9-14,16H2,1-2H3/t18-,20-/m0/s1. The first kappa shape index (κ1) is 21.0. The van der Waals surface area contributed by atoms with E-state index in [1.54, 1.807) is 14.0 Å². The molecule has 6 heteroatoms. The number of hydrogen-bond acceptors (Lipinski definition) is 4. The van der Waals surface area contributed by atoms with Crippen molar-refractivity contribution < 1.29 is 19.1 Å². The van der Waals surface area contributed by atoms with Crippen molar-refractivity contribution in [2.75, 3.05) is 33.3 Å². The van der Waals surface area contributed by atoms with Crippen LogP contribution in [0.5, 0.6) is 11.5 Å². The molecule has 0 N–H and O–H groups in total. The summed E-state index contributed by atoms with van der Waals surface area (Å²) in [7, 11) is 1.61. The molecule has 2 amide bonds. The van der Waals surface area contributed by atoms with Gasteiger partial charge in [-0.3, -0.25) is 9.59 Å². The maximum Gasteiger partial charge on any atom is 0.254 e. The number of nitrogens with zero attached hydrogens (tertiary/aromatic N) is 2. The van der Waals surface area contributed by atoms with Crippen molar-refractivity contribution >= 4 is 11.8 Å². The third-order valence-corrected chi connectivity index (χ3v) is 7.17. The van der Waals surface area contributed by atoms with Crippen molar-refractivity contribution in [3.8, 4) is 11.5 Å². The Morgan fingerprint density at radius 1 is 0.900 bits per heavy atom. The summed E-state index contributed by atoms with van der Waals surface area (Å²) in [6.45, 7) is 4.79. The molecule has 164 valence electrons. The number of benzene rings is 1. The lowest BCUT2D eigenvalue weighted by molar-refractivity contribution is -0.130. The monoisotopic (exact) mass is 414 g/mol. The van der Waals surface area contributed by atoms with Crippen molar-refractivity contribution in [2.24, 2.45) is 11.8 Å². The Labute approximate surface area is 179 Å². The smallest absolute Gasteiger partial charge is 0.254 e. The molecule has 6 nitrogen and oxygen atoms in total. The molecule has 0 bridgehead atoms. The maximum absolute atomic E-state index is 13.1. The van der Waals surface area contributed by atoms with Crippen molar-refractivity contribution in [3.05, 3.63) is 23.8 Å². The topological polar surface area (TPSA) is 59.1 Å². The van der Waals surface area contributed by atoms with Crippen LogP contribution in [0.25, 0.3) is 0 Å². The molecule has 1 saturated carbocycles. The Bertz CT molecular complexity index is 772. The SMILES string of the molecule is COc1cc(C(=O)N2CC[C@@H]3CCCC[C@H]3C2)ccc1OC1CCN(C(C)=O)CC1. The van der Waals surface area contributed by atoms with Crippen LogP contribution in [0.2, 0.25) is 0 Å². The lowest BCUT2D eigenvalue weighted by Crippen LogP contribution is -2.44. The fourth-order valence-corrected chi connectivity index (χ4v) is 5.33. The van der Waals surface area contributed by atoms with Crippen molar-refractivity contribution in [3.63, 3.8) is 0 Å². The van der Waals surface area contributed by atoms with Crippen LogP contribution in [0.15, 0.2) is 18.2 Å². The summed E-state index contributed by atoms with van der Waals surface area (Å²) in [6.07, 6.45) is 8.04. The predicted octanol–water partition coefficient (Wildman–Crippen LogP) is 3.74. The van der Waals surface area contributed by atoms with Gasteiger partial charge in [-0.25, -0.2) is 0 Å². The highest BCUT2D eigenvalue weighted by molar-refractivity contribution is 5.95. The van der Waals surface area contributed by atoms with Crippen LogP contribution in [0.1, 0.15) is 62.2 Å². The van der Waals surface area contributed by atoms with Crippen molar-refractivity contribution in [2.45, 2.75) is 58.0 Å². The minimum Gasteiger partial charge on any atom is -0.493 e. The van der Waals surface area contributed by atoms with Gasteiger partial charge in [-0.1, -0.05) is 19.3 Å². The van der Waals surface area contributed by atoms with Gasteiger partial charge < -0.3 is 19.3 Å². The van der Waals surface area contributed by atoms with Gasteiger partial charge in [-0.05, 0) is 42.9 Å². The van der Waals surface area contributed by atoms with E-state index in [1.165, 1.54) is 25.7 Å². The third-order valence-electron chi connectivity index (χ3n) is 7.17. The molecule has 30 heavy (non-hydrogen) atoms. The van der Waals surface area contributed by atoms with Gasteiger partial charge in [-0.2, -0.15) is 0 Å².